The lowest BCUT2D eigenvalue weighted by Gasteiger charge is -2.24. The van der Waals surface area contributed by atoms with Gasteiger partial charge in [-0.25, -0.2) is 27.3 Å². The van der Waals surface area contributed by atoms with Crippen LogP contribution in [0.1, 0.15) is 20.8 Å². The van der Waals surface area contributed by atoms with E-state index in [1.54, 1.807) is 45.0 Å². The zero-order valence-corrected chi connectivity index (χ0v) is 41.1. The molecule has 1 amide bonds. The van der Waals surface area contributed by atoms with Crippen LogP contribution in [-0.4, -0.2) is 57.2 Å². The lowest BCUT2D eigenvalue weighted by Crippen LogP contribution is -2.34. The van der Waals surface area contributed by atoms with Gasteiger partial charge in [-0.05, 0) is 105 Å². The van der Waals surface area contributed by atoms with Crippen molar-refractivity contribution in [1.82, 2.24) is 28.7 Å². The van der Waals surface area contributed by atoms with Gasteiger partial charge in [-0.3, -0.25) is 0 Å². The van der Waals surface area contributed by atoms with Gasteiger partial charge in [0.1, 0.15) is 38.5 Å². The second kappa shape index (κ2) is 18.7. The van der Waals surface area contributed by atoms with E-state index >= 15 is 17.6 Å². The zero-order chi connectivity index (χ0) is 52.4. The molecule has 4 heterocycles. The van der Waals surface area contributed by atoms with Gasteiger partial charge >= 0.3 is 6.09 Å². The molecule has 0 saturated carbocycles. The molecular weight excluding hydrogens is 1060 g/mol. The minimum Gasteiger partial charge on any atom is -0.454 e. The molecule has 0 bridgehead atoms. The van der Waals surface area contributed by atoms with E-state index in [-0.39, 0.29) is 66.2 Å². The van der Waals surface area contributed by atoms with Crippen LogP contribution >= 0.6 is 23.2 Å². The van der Waals surface area contributed by atoms with E-state index in [0.29, 0.717) is 43.6 Å². The maximum Gasteiger partial charge on any atom is 0.422 e. The highest BCUT2D eigenvalue weighted by atomic mass is 35.5. The molecule has 0 unspecified atom stereocenters. The molecule has 0 N–H and O–H groups in total. The number of hydrogen-bond acceptors (Lipinski definition) is 14. The Morgan fingerprint density at radius 3 is 1.41 bits per heavy atom. The molecule has 6 aromatic carbocycles. The van der Waals surface area contributed by atoms with E-state index in [1.165, 1.54) is 60.7 Å². The van der Waals surface area contributed by atoms with Crippen LogP contribution in [-0.2, 0) is 24.8 Å². The van der Waals surface area contributed by atoms with Crippen LogP contribution in [0.5, 0.6) is 23.0 Å². The third-order valence-corrected chi connectivity index (χ3v) is 14.5. The number of carbonyl (C=O) groups is 1. The second-order valence-corrected chi connectivity index (χ2v) is 21.3. The Morgan fingerprint density at radius 1 is 0.581 bits per heavy atom. The van der Waals surface area contributed by atoms with Crippen molar-refractivity contribution >= 4 is 82.9 Å². The Labute approximate surface area is 425 Å². The number of ether oxygens (including phenoxy) is 3. The Morgan fingerprint density at radius 2 is 1.01 bits per heavy atom. The van der Waals surface area contributed by atoms with E-state index in [4.69, 9.17) is 46.5 Å². The van der Waals surface area contributed by atoms with E-state index in [1.807, 2.05) is 0 Å². The number of aromatic nitrogens is 6. The van der Waals surface area contributed by atoms with E-state index in [0.717, 1.165) is 29.7 Å². The molecule has 17 nitrogen and oxygen atoms in total. The molecule has 0 fully saturated rings. The number of nitrogens with zero attached hydrogens (tertiary/aromatic N) is 7. The molecule has 25 heteroatoms. The summed E-state index contributed by atoms with van der Waals surface area (Å²) in [6, 6.07) is 22.5. The van der Waals surface area contributed by atoms with Crippen molar-refractivity contribution in [2.45, 2.75) is 36.2 Å². The fourth-order valence-electron chi connectivity index (χ4n) is 7.53. The summed E-state index contributed by atoms with van der Waals surface area (Å²) in [7, 11) is -9.20. The maximum absolute atomic E-state index is 15.7. The molecule has 0 spiro atoms. The van der Waals surface area contributed by atoms with Crippen LogP contribution in [0.25, 0.3) is 44.2 Å². The zero-order valence-electron chi connectivity index (χ0n) is 38.0. The highest BCUT2D eigenvalue weighted by molar-refractivity contribution is 7.90. The minimum absolute atomic E-state index is 0.0562. The fourth-order valence-corrected chi connectivity index (χ4v) is 10.2. The largest absolute Gasteiger partial charge is 0.454 e. The van der Waals surface area contributed by atoms with Gasteiger partial charge < -0.3 is 23.3 Å². The van der Waals surface area contributed by atoms with Gasteiger partial charge in [-0.15, -0.1) is 0 Å². The quantitative estimate of drug-likeness (QED) is 0.104. The third kappa shape index (κ3) is 9.25. The van der Waals surface area contributed by atoms with E-state index in [2.05, 4.69) is 20.5 Å². The Balaban J connectivity index is 1.03. The topological polar surface area (TPSA) is 204 Å². The summed E-state index contributed by atoms with van der Waals surface area (Å²) in [5.74, 6) is -6.86. The van der Waals surface area contributed by atoms with Gasteiger partial charge in [0.2, 0.25) is 0 Å². The number of carbonyl (C=O) groups excluding carboxylic acids is 1. The minimum atomic E-state index is -4.60. The van der Waals surface area contributed by atoms with Crippen molar-refractivity contribution in [3.05, 3.63) is 167 Å². The first kappa shape index (κ1) is 49.3. The smallest absolute Gasteiger partial charge is 0.422 e. The number of amides is 1. The third-order valence-electron chi connectivity index (χ3n) is 10.8. The number of halogens is 6. The number of anilines is 2. The molecule has 10 aromatic rings. The number of hydrogen-bond donors (Lipinski definition) is 0. The summed E-state index contributed by atoms with van der Waals surface area (Å²) in [6.45, 7) is 4.89. The van der Waals surface area contributed by atoms with Crippen molar-refractivity contribution in [3.63, 3.8) is 0 Å². The predicted molar refractivity (Wildman–Crippen MR) is 260 cm³/mol. The van der Waals surface area contributed by atoms with Crippen LogP contribution in [0.4, 0.5) is 34.0 Å². The Kier molecular flexibility index (Phi) is 12.4. The maximum atomic E-state index is 15.7. The van der Waals surface area contributed by atoms with Crippen molar-refractivity contribution < 1.29 is 62.4 Å². The van der Waals surface area contributed by atoms with Crippen LogP contribution in [0.2, 0.25) is 10.0 Å². The molecule has 10 rings (SSSR count). The van der Waals surface area contributed by atoms with Crippen LogP contribution in [0.3, 0.4) is 0 Å². The van der Waals surface area contributed by atoms with Crippen LogP contribution in [0, 0.1) is 23.3 Å². The van der Waals surface area contributed by atoms with E-state index in [9.17, 15) is 21.6 Å². The van der Waals surface area contributed by atoms with Crippen molar-refractivity contribution in [1.29, 1.82) is 0 Å². The van der Waals surface area contributed by atoms with E-state index < -0.39 is 76.3 Å². The molecule has 0 atom stereocenters. The summed E-state index contributed by atoms with van der Waals surface area (Å²) in [6.07, 6.45) is 3.45. The molecule has 0 radical (unpaired) electrons. The van der Waals surface area contributed by atoms with Gasteiger partial charge in [0.25, 0.3) is 20.0 Å². The van der Waals surface area contributed by atoms with Crippen molar-refractivity contribution in [2.24, 2.45) is 0 Å². The monoisotopic (exact) mass is 1090 g/mol. The van der Waals surface area contributed by atoms with Gasteiger partial charge in [0.15, 0.2) is 45.9 Å². The molecule has 0 aliphatic rings. The average molecular weight is 1090 g/mol. The molecule has 0 aliphatic carbocycles. The first-order chi connectivity index (χ1) is 35.2. The normalized spacial score (nSPS) is 12.1. The highest BCUT2D eigenvalue weighted by Gasteiger charge is 2.34. The molecule has 0 aliphatic heterocycles. The van der Waals surface area contributed by atoms with Gasteiger partial charge in [-0.2, -0.15) is 35.2 Å². The summed E-state index contributed by atoms with van der Waals surface area (Å²) in [5, 5.41) is 16.5. The first-order valence-electron chi connectivity index (χ1n) is 21.4. The number of fused-ring (bicyclic) bond motifs is 2. The fraction of sp³-hybridized carbons (Fsp3) is 0.0816. The second-order valence-electron chi connectivity index (χ2n) is 16.9. The average Bonchev–Trinajstić information content (AvgIpc) is 4.21. The Hall–Kier alpha value is -8.25. The first-order valence-corrected chi connectivity index (χ1v) is 25.1. The summed E-state index contributed by atoms with van der Waals surface area (Å²) in [4.78, 5) is 13.5. The molecule has 74 heavy (non-hydrogen) atoms. The lowest BCUT2D eigenvalue weighted by atomic mass is 10.0. The highest BCUT2D eigenvalue weighted by Crippen LogP contribution is 2.44. The van der Waals surface area contributed by atoms with Crippen LogP contribution < -0.4 is 14.4 Å². The number of rotatable bonds is 12. The standard InChI is InChI=1S/C49H31Cl2F4N7O10S2/c1-49(2,3)70-48(63)62(46-32-18-26(6-10-40(32)71-58-46)30-20-28(50)8-12-38(30)68-42-22-36(54)44(24-34(42)52)73(64,65)60-16-4-14-56-60)47-33-19-27(7-11-41(33)72-59-47)31-21-29(51)9-13-39(31)69-43-23-37(55)45(25-35(43)53)74(66,67)61-17-5-15-57-61/h4-25H,1-3H3. The van der Waals surface area contributed by atoms with Gasteiger partial charge in [0, 0.05) is 57.8 Å². The summed E-state index contributed by atoms with van der Waals surface area (Å²) < 4.78 is 144. The molecule has 376 valence electrons. The summed E-state index contributed by atoms with van der Waals surface area (Å²) >= 11 is 12.9. The number of benzene rings is 6. The molecule has 0 saturated heterocycles. The van der Waals surface area contributed by atoms with Crippen molar-refractivity contribution in [3.8, 4) is 45.3 Å². The van der Waals surface area contributed by atoms with Gasteiger partial charge in [-0.1, -0.05) is 45.6 Å². The SMILES string of the molecule is CC(C)(C)OC(=O)N(c1noc2ccc(-c3cc(Cl)ccc3Oc3cc(F)c(S(=O)(=O)n4cccn4)cc3F)cc12)c1noc2ccc(-c3cc(Cl)ccc3Oc3cc(F)c(S(=O)(=O)n4cccn4)cc3F)cc12. The van der Waals surface area contributed by atoms with Crippen LogP contribution in [0.15, 0.2) is 153 Å². The molecular formula is C49H31Cl2F4N7O10S2. The van der Waals surface area contributed by atoms with Crippen molar-refractivity contribution in [2.75, 3.05) is 4.90 Å². The molecule has 4 aromatic heterocycles. The van der Waals surface area contributed by atoms with Gasteiger partial charge in [0.05, 0.1) is 23.2 Å². The predicted octanol–water partition coefficient (Wildman–Crippen LogP) is 12.7. The lowest BCUT2D eigenvalue weighted by molar-refractivity contribution is 0.0595. The Bertz CT molecular complexity index is 3850. The summed E-state index contributed by atoms with van der Waals surface area (Å²) in [5.41, 5.74) is 0.302.